The van der Waals surface area contributed by atoms with Crippen LogP contribution >= 0.6 is 23.1 Å². The van der Waals surface area contributed by atoms with Gasteiger partial charge in [-0.05, 0) is 75.7 Å². The summed E-state index contributed by atoms with van der Waals surface area (Å²) in [7, 11) is 0. The summed E-state index contributed by atoms with van der Waals surface area (Å²) in [6.07, 6.45) is 2.10. The number of hydrogen-bond donors (Lipinski definition) is 0. The summed E-state index contributed by atoms with van der Waals surface area (Å²) in [5, 5.41) is 6.52. The molecule has 1 atom stereocenters. The van der Waals surface area contributed by atoms with Crippen LogP contribution in [0.15, 0.2) is 70.9 Å². The molecule has 0 fully saturated rings. The molecule has 0 bridgehead atoms. The summed E-state index contributed by atoms with van der Waals surface area (Å²) in [6.45, 7) is 2.14. The fourth-order valence-corrected chi connectivity index (χ4v) is 4.59. The largest absolute Gasteiger partial charge is 0.330 e. The molecule has 24 heavy (non-hydrogen) atoms. The third-order valence-corrected chi connectivity index (χ3v) is 5.89. The quantitative estimate of drug-likeness (QED) is 0.523. The van der Waals surface area contributed by atoms with Gasteiger partial charge in [-0.1, -0.05) is 18.2 Å². The molecular weight excluding hydrogens is 337 g/mol. The van der Waals surface area contributed by atoms with Gasteiger partial charge >= 0.3 is 0 Å². The molecule has 0 saturated carbocycles. The van der Waals surface area contributed by atoms with Gasteiger partial charge in [-0.2, -0.15) is 11.3 Å². The third-order valence-electron chi connectivity index (χ3n) is 4.17. The lowest BCUT2D eigenvalue weighted by Crippen LogP contribution is -2.17. The SMILES string of the molecule is Cc1cc(-c2ccsc2)ccc1N1C=CSC1c1ccc(F)cc1. The Morgan fingerprint density at radius 1 is 1.00 bits per heavy atom. The van der Waals surface area contributed by atoms with Gasteiger partial charge in [0.05, 0.1) is 0 Å². The maximum Gasteiger partial charge on any atom is 0.123 e. The van der Waals surface area contributed by atoms with Crippen molar-refractivity contribution in [2.45, 2.75) is 12.3 Å². The lowest BCUT2D eigenvalue weighted by molar-refractivity contribution is 0.627. The van der Waals surface area contributed by atoms with E-state index in [2.05, 4.69) is 58.5 Å². The molecule has 0 saturated heterocycles. The minimum atomic E-state index is -0.197. The van der Waals surface area contributed by atoms with E-state index in [1.807, 2.05) is 12.1 Å². The van der Waals surface area contributed by atoms with E-state index in [1.54, 1.807) is 23.1 Å². The first-order chi connectivity index (χ1) is 11.7. The van der Waals surface area contributed by atoms with Crippen molar-refractivity contribution < 1.29 is 4.39 Å². The van der Waals surface area contributed by atoms with E-state index < -0.39 is 0 Å². The smallest absolute Gasteiger partial charge is 0.123 e. The zero-order valence-corrected chi connectivity index (χ0v) is 14.8. The number of nitrogens with zero attached hydrogens (tertiary/aromatic N) is 1. The molecule has 0 aliphatic carbocycles. The van der Waals surface area contributed by atoms with Gasteiger partial charge in [-0.3, -0.25) is 0 Å². The predicted molar refractivity (Wildman–Crippen MR) is 103 cm³/mol. The second kappa shape index (κ2) is 6.46. The van der Waals surface area contributed by atoms with Crippen molar-refractivity contribution in [3.05, 3.63) is 87.8 Å². The number of aryl methyl sites for hydroxylation is 1. The van der Waals surface area contributed by atoms with Crippen molar-refractivity contribution >= 4 is 28.8 Å². The number of benzene rings is 2. The first-order valence-electron chi connectivity index (χ1n) is 7.71. The van der Waals surface area contributed by atoms with Crippen LogP contribution in [0.5, 0.6) is 0 Å². The second-order valence-corrected chi connectivity index (χ2v) is 7.52. The van der Waals surface area contributed by atoms with E-state index in [-0.39, 0.29) is 11.2 Å². The van der Waals surface area contributed by atoms with E-state index in [9.17, 15) is 4.39 Å². The van der Waals surface area contributed by atoms with E-state index in [0.29, 0.717) is 0 Å². The van der Waals surface area contributed by atoms with Crippen LogP contribution in [0.3, 0.4) is 0 Å². The summed E-state index contributed by atoms with van der Waals surface area (Å²) in [4.78, 5) is 2.25. The fourth-order valence-electron chi connectivity index (χ4n) is 2.95. The van der Waals surface area contributed by atoms with Crippen LogP contribution in [0, 0.1) is 12.7 Å². The minimum Gasteiger partial charge on any atom is -0.330 e. The Balaban J connectivity index is 1.67. The average molecular weight is 353 g/mol. The number of halogens is 1. The molecule has 3 aromatic rings. The Kier molecular flexibility index (Phi) is 4.17. The predicted octanol–water partition coefficient (Wildman–Crippen LogP) is 6.59. The van der Waals surface area contributed by atoms with Gasteiger partial charge in [0.15, 0.2) is 0 Å². The highest BCUT2D eigenvalue weighted by molar-refractivity contribution is 8.02. The molecule has 0 spiro atoms. The van der Waals surface area contributed by atoms with E-state index >= 15 is 0 Å². The Labute approximate surface area is 149 Å². The molecule has 1 nitrogen and oxygen atoms in total. The number of rotatable bonds is 3. The van der Waals surface area contributed by atoms with Crippen molar-refractivity contribution in [2.75, 3.05) is 4.90 Å². The van der Waals surface area contributed by atoms with Gasteiger partial charge in [0.25, 0.3) is 0 Å². The van der Waals surface area contributed by atoms with Crippen LogP contribution in [0.4, 0.5) is 10.1 Å². The highest BCUT2D eigenvalue weighted by Crippen LogP contribution is 2.43. The van der Waals surface area contributed by atoms with Crippen LogP contribution in [-0.2, 0) is 0 Å². The summed E-state index contributed by atoms with van der Waals surface area (Å²) >= 11 is 3.45. The highest BCUT2D eigenvalue weighted by Gasteiger charge is 2.24. The zero-order valence-electron chi connectivity index (χ0n) is 13.1. The molecule has 1 aliphatic heterocycles. The maximum absolute atomic E-state index is 13.2. The van der Waals surface area contributed by atoms with Crippen LogP contribution < -0.4 is 4.90 Å². The Morgan fingerprint density at radius 2 is 1.83 bits per heavy atom. The summed E-state index contributed by atoms with van der Waals surface area (Å²) in [6, 6.07) is 15.5. The Hall–Kier alpha value is -2.04. The standard InChI is InChI=1S/C20H16FNS2/c1-14-12-16(17-8-10-23-13-17)4-7-19(14)22-9-11-24-20(22)15-2-5-18(21)6-3-15/h2-13,20H,1H3. The van der Waals surface area contributed by atoms with E-state index in [1.165, 1.54) is 34.5 Å². The van der Waals surface area contributed by atoms with Crippen LogP contribution in [0.2, 0.25) is 0 Å². The zero-order chi connectivity index (χ0) is 16.5. The van der Waals surface area contributed by atoms with Crippen molar-refractivity contribution in [3.8, 4) is 11.1 Å². The van der Waals surface area contributed by atoms with Crippen LogP contribution in [0.25, 0.3) is 11.1 Å². The molecule has 2 aromatic carbocycles. The normalized spacial score (nSPS) is 16.8. The molecule has 1 unspecified atom stereocenters. The highest BCUT2D eigenvalue weighted by atomic mass is 32.2. The molecule has 4 heteroatoms. The molecule has 0 radical (unpaired) electrons. The minimum absolute atomic E-state index is 0.149. The summed E-state index contributed by atoms with van der Waals surface area (Å²) in [5.41, 5.74) is 6.03. The van der Waals surface area contributed by atoms with Gasteiger partial charge in [0, 0.05) is 11.9 Å². The van der Waals surface area contributed by atoms with Crippen molar-refractivity contribution in [2.24, 2.45) is 0 Å². The first kappa shape index (κ1) is 15.5. The van der Waals surface area contributed by atoms with E-state index in [0.717, 1.165) is 5.56 Å². The number of thioether (sulfide) groups is 1. The number of anilines is 1. The molecule has 120 valence electrons. The molecular formula is C20H16FNS2. The van der Waals surface area contributed by atoms with Crippen LogP contribution in [0.1, 0.15) is 16.5 Å². The maximum atomic E-state index is 13.2. The topological polar surface area (TPSA) is 3.24 Å². The molecule has 4 rings (SSSR count). The van der Waals surface area contributed by atoms with Gasteiger partial charge < -0.3 is 4.90 Å². The average Bonchev–Trinajstić information content (AvgIpc) is 3.27. The Bertz CT molecular complexity index is 869. The second-order valence-electron chi connectivity index (χ2n) is 5.75. The van der Waals surface area contributed by atoms with Gasteiger partial charge in [-0.15, -0.1) is 11.8 Å². The van der Waals surface area contributed by atoms with Crippen molar-refractivity contribution in [1.82, 2.24) is 0 Å². The van der Waals surface area contributed by atoms with Crippen molar-refractivity contribution in [1.29, 1.82) is 0 Å². The monoisotopic (exact) mass is 353 g/mol. The van der Waals surface area contributed by atoms with Crippen LogP contribution in [-0.4, -0.2) is 0 Å². The number of hydrogen-bond acceptors (Lipinski definition) is 3. The Morgan fingerprint density at radius 3 is 2.54 bits per heavy atom. The molecule has 1 aliphatic rings. The molecule has 1 aromatic heterocycles. The van der Waals surface area contributed by atoms with Gasteiger partial charge in [0.1, 0.15) is 11.2 Å². The lowest BCUT2D eigenvalue weighted by Gasteiger charge is -2.27. The van der Waals surface area contributed by atoms with Crippen molar-refractivity contribution in [3.63, 3.8) is 0 Å². The van der Waals surface area contributed by atoms with E-state index in [4.69, 9.17) is 0 Å². The third kappa shape index (κ3) is 2.87. The fraction of sp³-hybridized carbons (Fsp3) is 0.100. The number of thiophene rings is 1. The van der Waals surface area contributed by atoms with Gasteiger partial charge in [0.2, 0.25) is 0 Å². The summed E-state index contributed by atoms with van der Waals surface area (Å²) in [5.74, 6) is -0.197. The molecule has 0 amide bonds. The summed E-state index contributed by atoms with van der Waals surface area (Å²) < 4.78 is 13.2. The first-order valence-corrected chi connectivity index (χ1v) is 9.60. The van der Waals surface area contributed by atoms with Gasteiger partial charge in [-0.25, -0.2) is 4.39 Å². The molecule has 0 N–H and O–H groups in total. The lowest BCUT2D eigenvalue weighted by atomic mass is 10.0. The molecule has 2 heterocycles.